The Balaban J connectivity index is 2.79. The van der Waals surface area contributed by atoms with Crippen LogP contribution in [0.25, 0.3) is 0 Å². The summed E-state index contributed by atoms with van der Waals surface area (Å²) >= 11 is 0. The molecule has 0 radical (unpaired) electrons. The normalized spacial score (nSPS) is 10.6. The van der Waals surface area contributed by atoms with Gasteiger partial charge in [0.15, 0.2) is 5.78 Å². The molecule has 0 spiro atoms. The van der Waals surface area contributed by atoms with Gasteiger partial charge in [-0.2, -0.15) is 0 Å². The molecule has 1 aromatic rings. The van der Waals surface area contributed by atoms with Crippen LogP contribution in [0.2, 0.25) is 0 Å². The van der Waals surface area contributed by atoms with E-state index in [0.717, 1.165) is 25.2 Å². The van der Waals surface area contributed by atoms with Gasteiger partial charge in [0.1, 0.15) is 12.4 Å². The molecule has 0 fully saturated rings. The number of rotatable bonds is 9. The van der Waals surface area contributed by atoms with Crippen LogP contribution in [0, 0.1) is 6.92 Å². The van der Waals surface area contributed by atoms with E-state index in [0.29, 0.717) is 24.3 Å². The highest BCUT2D eigenvalue weighted by atomic mass is 16.5. The van der Waals surface area contributed by atoms with Gasteiger partial charge >= 0.3 is 0 Å². The molecule has 3 heteroatoms. The number of hydrogen-bond donors (Lipinski definition) is 0. The molecule has 0 aliphatic heterocycles. The van der Waals surface area contributed by atoms with Gasteiger partial charge in [-0.3, -0.25) is 4.79 Å². The Bertz CT molecular complexity index is 450. The van der Waals surface area contributed by atoms with Crippen molar-refractivity contribution in [3.05, 3.63) is 42.0 Å². The summed E-state index contributed by atoms with van der Waals surface area (Å²) in [6.45, 7) is 13.0. The van der Waals surface area contributed by atoms with Crippen LogP contribution < -0.4 is 4.74 Å². The molecule has 3 nitrogen and oxygen atoms in total. The number of nitrogens with zero attached hydrogens (tertiary/aromatic N) is 1. The van der Waals surface area contributed by atoms with Gasteiger partial charge in [-0.15, -0.1) is 0 Å². The second-order valence-electron chi connectivity index (χ2n) is 4.80. The summed E-state index contributed by atoms with van der Waals surface area (Å²) in [5, 5.41) is 0. The van der Waals surface area contributed by atoms with E-state index in [4.69, 9.17) is 4.74 Å². The lowest BCUT2D eigenvalue weighted by Crippen LogP contribution is -2.25. The summed E-state index contributed by atoms with van der Waals surface area (Å²) in [4.78, 5) is 14.6. The fourth-order valence-electron chi connectivity index (χ4n) is 2.07. The van der Waals surface area contributed by atoms with Crippen molar-refractivity contribution in [3.8, 4) is 5.75 Å². The van der Waals surface area contributed by atoms with E-state index in [2.05, 4.69) is 25.3 Å². The van der Waals surface area contributed by atoms with Crippen molar-refractivity contribution in [3.63, 3.8) is 0 Å². The predicted octanol–water partition coefficient (Wildman–Crippen LogP) is 3.47. The summed E-state index contributed by atoms with van der Waals surface area (Å²) in [5.41, 5.74) is 1.75. The molecule has 0 atom stereocenters. The summed E-state index contributed by atoms with van der Waals surface area (Å²) in [6, 6.07) is 5.73. The summed E-state index contributed by atoms with van der Waals surface area (Å²) in [6.07, 6.45) is 2.21. The molecule has 0 aliphatic carbocycles. The van der Waals surface area contributed by atoms with Crippen LogP contribution in [0.3, 0.4) is 0 Å². The van der Waals surface area contributed by atoms with Crippen molar-refractivity contribution in [2.24, 2.45) is 0 Å². The van der Waals surface area contributed by atoms with Crippen LogP contribution in [0.5, 0.6) is 5.75 Å². The van der Waals surface area contributed by atoms with E-state index >= 15 is 0 Å². The molecule has 1 rings (SSSR count). The molecule has 0 N–H and O–H groups in total. The van der Waals surface area contributed by atoms with Crippen LogP contribution in [0.4, 0.5) is 0 Å². The molecular weight excluding hydrogens is 250 g/mol. The molecule has 0 saturated heterocycles. The zero-order valence-electron chi connectivity index (χ0n) is 12.8. The SMILES string of the molecule is C=CCOc1ccc(C)cc1C(=O)CCN(CC)CC. The Morgan fingerprint density at radius 3 is 2.65 bits per heavy atom. The van der Waals surface area contributed by atoms with Gasteiger partial charge in [-0.1, -0.05) is 38.1 Å². The first-order valence-electron chi connectivity index (χ1n) is 7.22. The van der Waals surface area contributed by atoms with Crippen molar-refractivity contribution < 1.29 is 9.53 Å². The number of aryl methyl sites for hydroxylation is 1. The predicted molar refractivity (Wildman–Crippen MR) is 83.6 cm³/mol. The first-order valence-corrected chi connectivity index (χ1v) is 7.22. The highest BCUT2D eigenvalue weighted by Crippen LogP contribution is 2.22. The maximum atomic E-state index is 12.4. The van der Waals surface area contributed by atoms with E-state index in [1.165, 1.54) is 0 Å². The third kappa shape index (κ3) is 4.82. The molecule has 0 aliphatic rings. The van der Waals surface area contributed by atoms with Crippen molar-refractivity contribution in [1.29, 1.82) is 0 Å². The lowest BCUT2D eigenvalue weighted by Gasteiger charge is -2.17. The summed E-state index contributed by atoms with van der Waals surface area (Å²) in [7, 11) is 0. The van der Waals surface area contributed by atoms with Gasteiger partial charge in [0, 0.05) is 13.0 Å². The van der Waals surface area contributed by atoms with Gasteiger partial charge in [0.05, 0.1) is 5.56 Å². The van der Waals surface area contributed by atoms with Crippen molar-refractivity contribution in [2.45, 2.75) is 27.2 Å². The third-order valence-corrected chi connectivity index (χ3v) is 3.34. The van der Waals surface area contributed by atoms with Gasteiger partial charge in [0.25, 0.3) is 0 Å². The number of Topliss-reactive ketones (excluding diaryl/α,β-unsaturated/α-hetero) is 1. The first-order chi connectivity index (χ1) is 9.62. The molecule has 110 valence electrons. The van der Waals surface area contributed by atoms with E-state index in [1.807, 2.05) is 25.1 Å². The number of ketones is 1. The Morgan fingerprint density at radius 2 is 2.05 bits per heavy atom. The Kier molecular flexibility index (Phi) is 7.02. The van der Waals surface area contributed by atoms with E-state index in [1.54, 1.807) is 6.08 Å². The maximum absolute atomic E-state index is 12.4. The molecular formula is C17H25NO2. The smallest absolute Gasteiger partial charge is 0.167 e. The Hall–Kier alpha value is -1.61. The maximum Gasteiger partial charge on any atom is 0.167 e. The van der Waals surface area contributed by atoms with Crippen molar-refractivity contribution in [1.82, 2.24) is 4.90 Å². The largest absolute Gasteiger partial charge is 0.489 e. The van der Waals surface area contributed by atoms with Crippen LogP contribution in [0.15, 0.2) is 30.9 Å². The summed E-state index contributed by atoms with van der Waals surface area (Å²) in [5.74, 6) is 0.791. The standard InChI is InChI=1S/C17H25NO2/c1-5-12-20-17-9-8-14(4)13-15(17)16(19)10-11-18(6-2)7-3/h5,8-9,13H,1,6-7,10-12H2,2-4H3. The average Bonchev–Trinajstić information content (AvgIpc) is 2.46. The highest BCUT2D eigenvalue weighted by Gasteiger charge is 2.13. The average molecular weight is 275 g/mol. The lowest BCUT2D eigenvalue weighted by atomic mass is 10.0. The third-order valence-electron chi connectivity index (χ3n) is 3.34. The second kappa shape index (κ2) is 8.54. The van der Waals surface area contributed by atoms with Crippen molar-refractivity contribution >= 4 is 5.78 Å². The van der Waals surface area contributed by atoms with Crippen LogP contribution in [-0.4, -0.2) is 36.9 Å². The molecule has 20 heavy (non-hydrogen) atoms. The van der Waals surface area contributed by atoms with Crippen LogP contribution >= 0.6 is 0 Å². The van der Waals surface area contributed by atoms with Gasteiger partial charge < -0.3 is 9.64 Å². The monoisotopic (exact) mass is 275 g/mol. The number of hydrogen-bond acceptors (Lipinski definition) is 3. The van der Waals surface area contributed by atoms with Crippen LogP contribution in [0.1, 0.15) is 36.2 Å². The minimum absolute atomic E-state index is 0.139. The van der Waals surface area contributed by atoms with E-state index in [9.17, 15) is 4.79 Å². The zero-order chi connectivity index (χ0) is 15.0. The van der Waals surface area contributed by atoms with Crippen molar-refractivity contribution in [2.75, 3.05) is 26.2 Å². The highest BCUT2D eigenvalue weighted by molar-refractivity contribution is 5.99. The number of benzene rings is 1. The Labute approximate surface area is 122 Å². The fourth-order valence-corrected chi connectivity index (χ4v) is 2.07. The molecule has 0 aromatic heterocycles. The molecule has 1 aromatic carbocycles. The fraction of sp³-hybridized carbons (Fsp3) is 0.471. The Morgan fingerprint density at radius 1 is 1.35 bits per heavy atom. The number of carbonyl (C=O) groups excluding carboxylic acids is 1. The zero-order valence-corrected chi connectivity index (χ0v) is 12.8. The molecule has 0 heterocycles. The van der Waals surface area contributed by atoms with E-state index < -0.39 is 0 Å². The minimum atomic E-state index is 0.139. The van der Waals surface area contributed by atoms with Gasteiger partial charge in [-0.25, -0.2) is 0 Å². The second-order valence-corrected chi connectivity index (χ2v) is 4.80. The molecule has 0 unspecified atom stereocenters. The number of ether oxygens (including phenoxy) is 1. The molecule has 0 amide bonds. The van der Waals surface area contributed by atoms with E-state index in [-0.39, 0.29) is 5.78 Å². The summed E-state index contributed by atoms with van der Waals surface area (Å²) < 4.78 is 5.57. The van der Waals surface area contributed by atoms with Crippen LogP contribution in [-0.2, 0) is 0 Å². The lowest BCUT2D eigenvalue weighted by molar-refractivity contribution is 0.0963. The van der Waals surface area contributed by atoms with Gasteiger partial charge in [0.2, 0.25) is 0 Å². The first kappa shape index (κ1) is 16.4. The topological polar surface area (TPSA) is 29.5 Å². The number of carbonyl (C=O) groups is 1. The quantitative estimate of drug-likeness (QED) is 0.510. The molecule has 0 bridgehead atoms. The molecule has 0 saturated carbocycles. The minimum Gasteiger partial charge on any atom is -0.489 e. The van der Waals surface area contributed by atoms with Gasteiger partial charge in [-0.05, 0) is 32.1 Å².